The fraction of sp³-hybridized carbons (Fsp3) is 0.188. The minimum Gasteiger partial charge on any atom is -0.491 e. The first-order valence-electron chi connectivity index (χ1n) is 7.34. The molecule has 0 fully saturated rings. The summed E-state index contributed by atoms with van der Waals surface area (Å²) in [5.74, 6) is 0.639. The minimum atomic E-state index is -4.00. The van der Waals surface area contributed by atoms with Gasteiger partial charge >= 0.3 is 0 Å². The van der Waals surface area contributed by atoms with Crippen molar-refractivity contribution in [2.75, 3.05) is 0 Å². The normalized spacial score (nSPS) is 11.6. The number of non-ortho nitro benzene ring substituents is 1. The molecule has 9 heteroatoms. The first kappa shape index (κ1) is 18.4. The third-order valence-electron chi connectivity index (χ3n) is 2.96. The number of nitrogens with zero attached hydrogens (tertiary/aromatic N) is 2. The monoisotopic (exact) mass is 363 g/mol. The maximum atomic E-state index is 12.1. The van der Waals surface area contributed by atoms with Crippen molar-refractivity contribution >= 4 is 21.9 Å². The molecule has 0 unspecified atom stereocenters. The maximum Gasteiger partial charge on any atom is 0.276 e. The summed E-state index contributed by atoms with van der Waals surface area (Å²) in [5.41, 5.74) is 0.324. The molecule has 0 aromatic heterocycles. The smallest absolute Gasteiger partial charge is 0.276 e. The summed E-state index contributed by atoms with van der Waals surface area (Å²) in [6.07, 6.45) is 1.34. The van der Waals surface area contributed by atoms with Crippen molar-refractivity contribution in [3.8, 4) is 5.75 Å². The Labute approximate surface area is 145 Å². The predicted octanol–water partition coefficient (Wildman–Crippen LogP) is 2.69. The fourth-order valence-corrected chi connectivity index (χ4v) is 2.76. The van der Waals surface area contributed by atoms with E-state index < -0.39 is 14.9 Å². The molecule has 132 valence electrons. The summed E-state index contributed by atoms with van der Waals surface area (Å²) in [7, 11) is -4.00. The molecule has 2 rings (SSSR count). The number of hydrogen-bond donors (Lipinski definition) is 1. The van der Waals surface area contributed by atoms with Crippen molar-refractivity contribution < 1.29 is 18.1 Å². The van der Waals surface area contributed by atoms with Crippen LogP contribution in [0.1, 0.15) is 19.4 Å². The lowest BCUT2D eigenvalue weighted by molar-refractivity contribution is -0.385. The van der Waals surface area contributed by atoms with Crippen LogP contribution in [0.5, 0.6) is 5.75 Å². The van der Waals surface area contributed by atoms with Crippen molar-refractivity contribution in [1.82, 2.24) is 4.83 Å². The molecule has 0 radical (unpaired) electrons. The van der Waals surface area contributed by atoms with Gasteiger partial charge in [-0.25, -0.2) is 4.83 Å². The van der Waals surface area contributed by atoms with Crippen molar-refractivity contribution in [2.45, 2.75) is 24.8 Å². The lowest BCUT2D eigenvalue weighted by Gasteiger charge is -2.09. The topological polar surface area (TPSA) is 111 Å². The second-order valence-corrected chi connectivity index (χ2v) is 7.01. The van der Waals surface area contributed by atoms with Crippen LogP contribution in [-0.2, 0) is 10.0 Å². The number of nitro groups is 1. The van der Waals surface area contributed by atoms with Crippen LogP contribution in [0.15, 0.2) is 58.5 Å². The van der Waals surface area contributed by atoms with Gasteiger partial charge in [0.1, 0.15) is 5.75 Å². The van der Waals surface area contributed by atoms with E-state index in [1.807, 2.05) is 18.7 Å². The number of benzene rings is 2. The number of hydrazone groups is 1. The molecule has 0 saturated carbocycles. The van der Waals surface area contributed by atoms with Crippen LogP contribution >= 0.6 is 0 Å². The first-order chi connectivity index (χ1) is 11.8. The van der Waals surface area contributed by atoms with Gasteiger partial charge in [-0.2, -0.15) is 13.5 Å². The highest BCUT2D eigenvalue weighted by Gasteiger charge is 2.16. The quantitative estimate of drug-likeness (QED) is 0.462. The fourth-order valence-electron chi connectivity index (χ4n) is 1.93. The van der Waals surface area contributed by atoms with Crippen LogP contribution < -0.4 is 9.57 Å². The molecule has 0 bridgehead atoms. The van der Waals surface area contributed by atoms with Crippen LogP contribution in [0.25, 0.3) is 0 Å². The molecule has 0 atom stereocenters. The second-order valence-electron chi connectivity index (χ2n) is 5.35. The molecule has 0 amide bonds. The van der Waals surface area contributed by atoms with Crippen LogP contribution in [-0.4, -0.2) is 25.7 Å². The minimum absolute atomic E-state index is 0.0135. The lowest BCUT2D eigenvalue weighted by Crippen LogP contribution is -2.18. The molecule has 0 aliphatic heterocycles. The van der Waals surface area contributed by atoms with E-state index in [4.69, 9.17) is 4.74 Å². The first-order valence-corrected chi connectivity index (χ1v) is 8.82. The van der Waals surface area contributed by atoms with E-state index in [2.05, 4.69) is 5.10 Å². The van der Waals surface area contributed by atoms with E-state index in [9.17, 15) is 18.5 Å². The van der Waals surface area contributed by atoms with Gasteiger partial charge in [0.2, 0.25) is 0 Å². The van der Waals surface area contributed by atoms with Gasteiger partial charge in [0.05, 0.1) is 22.1 Å². The molecule has 0 saturated heterocycles. The Morgan fingerprint density at radius 2 is 1.92 bits per heavy atom. The molecule has 2 aromatic carbocycles. The lowest BCUT2D eigenvalue weighted by atomic mass is 10.2. The van der Waals surface area contributed by atoms with Gasteiger partial charge in [0, 0.05) is 12.1 Å². The van der Waals surface area contributed by atoms with Gasteiger partial charge in [0.15, 0.2) is 0 Å². The summed E-state index contributed by atoms with van der Waals surface area (Å²) in [5, 5.41) is 14.4. The Kier molecular flexibility index (Phi) is 5.71. The van der Waals surface area contributed by atoms with Crippen molar-refractivity contribution in [1.29, 1.82) is 0 Å². The van der Waals surface area contributed by atoms with Crippen molar-refractivity contribution in [3.05, 3.63) is 64.2 Å². The maximum absolute atomic E-state index is 12.1. The summed E-state index contributed by atoms with van der Waals surface area (Å²) in [4.78, 5) is 11.9. The highest BCUT2D eigenvalue weighted by Crippen LogP contribution is 2.17. The van der Waals surface area contributed by atoms with Crippen molar-refractivity contribution in [2.24, 2.45) is 5.10 Å². The molecule has 8 nitrogen and oxygen atoms in total. The molecular formula is C16H17N3O5S. The largest absolute Gasteiger partial charge is 0.491 e. The Hall–Kier alpha value is -2.94. The molecule has 0 spiro atoms. The standard InChI is InChI=1S/C16H17N3O5S/c1-12(2)24-15-7-3-5-13(9-15)11-17-18-25(22,23)16-8-4-6-14(10-16)19(20)21/h3-12,18H,1-2H3/b17-11+. The molecule has 2 aromatic rings. The van der Waals surface area contributed by atoms with E-state index in [0.717, 1.165) is 6.07 Å². The van der Waals surface area contributed by atoms with Gasteiger partial charge in [-0.15, -0.1) is 0 Å². The molecule has 0 aliphatic carbocycles. The zero-order chi connectivity index (χ0) is 18.4. The van der Waals surface area contributed by atoms with E-state index >= 15 is 0 Å². The number of nitro benzene ring substituents is 1. The van der Waals surface area contributed by atoms with Gasteiger partial charge in [-0.05, 0) is 37.6 Å². The summed E-state index contributed by atoms with van der Waals surface area (Å²) >= 11 is 0. The summed E-state index contributed by atoms with van der Waals surface area (Å²) < 4.78 is 29.8. The highest BCUT2D eigenvalue weighted by atomic mass is 32.2. The third-order valence-corrected chi connectivity index (χ3v) is 4.18. The van der Waals surface area contributed by atoms with Crippen LogP contribution in [0, 0.1) is 10.1 Å². The summed E-state index contributed by atoms with van der Waals surface area (Å²) in [6, 6.07) is 11.7. The van der Waals surface area contributed by atoms with Crippen LogP contribution in [0.2, 0.25) is 0 Å². The van der Waals surface area contributed by atoms with Crippen LogP contribution in [0.3, 0.4) is 0 Å². The Morgan fingerprint density at radius 3 is 2.60 bits per heavy atom. The molecular weight excluding hydrogens is 346 g/mol. The van der Waals surface area contributed by atoms with Crippen LogP contribution in [0.4, 0.5) is 5.69 Å². The summed E-state index contributed by atoms with van der Waals surface area (Å²) in [6.45, 7) is 3.79. The number of rotatable bonds is 7. The second kappa shape index (κ2) is 7.75. The molecule has 1 N–H and O–H groups in total. The average molecular weight is 363 g/mol. The average Bonchev–Trinajstić information content (AvgIpc) is 2.54. The number of hydrogen-bond acceptors (Lipinski definition) is 6. The van der Waals surface area contributed by atoms with E-state index in [-0.39, 0.29) is 16.7 Å². The van der Waals surface area contributed by atoms with Gasteiger partial charge in [0.25, 0.3) is 15.7 Å². The molecule has 0 aliphatic rings. The van der Waals surface area contributed by atoms with Crippen molar-refractivity contribution in [3.63, 3.8) is 0 Å². The Morgan fingerprint density at radius 1 is 1.20 bits per heavy atom. The van der Waals surface area contributed by atoms with Gasteiger partial charge in [-0.3, -0.25) is 10.1 Å². The highest BCUT2D eigenvalue weighted by molar-refractivity contribution is 7.89. The van der Waals surface area contributed by atoms with Gasteiger partial charge in [-0.1, -0.05) is 18.2 Å². The van der Waals surface area contributed by atoms with E-state index in [1.54, 1.807) is 24.3 Å². The van der Waals surface area contributed by atoms with Gasteiger partial charge < -0.3 is 4.74 Å². The van der Waals surface area contributed by atoms with E-state index in [1.165, 1.54) is 24.4 Å². The molecule has 25 heavy (non-hydrogen) atoms. The Bertz CT molecular complexity index is 894. The Balaban J connectivity index is 2.13. The zero-order valence-electron chi connectivity index (χ0n) is 13.6. The third kappa shape index (κ3) is 5.28. The number of ether oxygens (including phenoxy) is 1. The zero-order valence-corrected chi connectivity index (χ0v) is 14.4. The van der Waals surface area contributed by atoms with E-state index in [0.29, 0.717) is 11.3 Å². The number of sulfonamides is 1. The number of nitrogens with one attached hydrogen (secondary N) is 1. The predicted molar refractivity (Wildman–Crippen MR) is 93.2 cm³/mol. The molecule has 0 heterocycles. The SMILES string of the molecule is CC(C)Oc1cccc(/C=N/NS(=O)(=O)c2cccc([N+](=O)[O-])c2)c1.